The zero-order valence-electron chi connectivity index (χ0n) is 16.8. The zero-order chi connectivity index (χ0) is 21.8. The van der Waals surface area contributed by atoms with Crippen molar-refractivity contribution in [2.24, 2.45) is 5.92 Å². The Labute approximate surface area is 172 Å². The third-order valence-electron chi connectivity index (χ3n) is 5.00. The molecule has 3 rings (SSSR count). The predicted octanol–water partition coefficient (Wildman–Crippen LogP) is -0.333. The van der Waals surface area contributed by atoms with Crippen molar-refractivity contribution < 1.29 is 28.6 Å². The number of hydrogen-bond acceptors (Lipinski definition) is 7. The van der Waals surface area contributed by atoms with Crippen LogP contribution in [-0.2, 0) is 27.2 Å². The molecule has 1 aliphatic carbocycles. The van der Waals surface area contributed by atoms with E-state index < -0.39 is 30.4 Å². The fourth-order valence-corrected chi connectivity index (χ4v) is 3.45. The molecular weight excluding hydrogens is 392 g/mol. The number of aliphatic carboxylic acids is 1. The summed E-state index contributed by atoms with van der Waals surface area (Å²) in [7, 11) is 0. The standard InChI is InChI=1S/C21H24N2O7/c1-11(2)19(20(26)27)23-17(24)9-22-18(25)10-29-12-6-7-14-13-4-3-5-15(13)21(28)30-16(14)8-12/h6-8,11,19H,3-5,9-10H2,1-2H3,(H,22,25)(H,23,24)(H,26,27)/p-1/t19-/m0/s1. The van der Waals surface area contributed by atoms with Crippen LogP contribution in [0.25, 0.3) is 11.0 Å². The van der Waals surface area contributed by atoms with Crippen LogP contribution in [0.5, 0.6) is 5.75 Å². The van der Waals surface area contributed by atoms with Gasteiger partial charge in [0, 0.05) is 17.0 Å². The van der Waals surface area contributed by atoms with Gasteiger partial charge in [0.1, 0.15) is 11.3 Å². The molecule has 0 spiro atoms. The van der Waals surface area contributed by atoms with E-state index in [0.29, 0.717) is 11.3 Å². The van der Waals surface area contributed by atoms with Gasteiger partial charge in [-0.15, -0.1) is 0 Å². The van der Waals surface area contributed by atoms with Crippen molar-refractivity contribution in [3.63, 3.8) is 0 Å². The van der Waals surface area contributed by atoms with Crippen LogP contribution in [0, 0.1) is 5.92 Å². The Balaban J connectivity index is 1.54. The molecule has 9 heteroatoms. The molecule has 1 aromatic carbocycles. The highest BCUT2D eigenvalue weighted by atomic mass is 16.5. The van der Waals surface area contributed by atoms with Crippen molar-refractivity contribution in [1.29, 1.82) is 0 Å². The highest BCUT2D eigenvalue weighted by molar-refractivity contribution is 5.88. The fraction of sp³-hybridized carbons (Fsp3) is 0.429. The van der Waals surface area contributed by atoms with Crippen molar-refractivity contribution in [3.05, 3.63) is 39.7 Å². The summed E-state index contributed by atoms with van der Waals surface area (Å²) < 4.78 is 10.8. The topological polar surface area (TPSA) is 138 Å². The Kier molecular flexibility index (Phi) is 6.39. The lowest BCUT2D eigenvalue weighted by Gasteiger charge is -2.23. The highest BCUT2D eigenvalue weighted by Gasteiger charge is 2.20. The Morgan fingerprint density at radius 3 is 2.60 bits per heavy atom. The molecule has 1 aliphatic rings. The number of carbonyl (C=O) groups is 3. The second-order valence-corrected chi connectivity index (χ2v) is 7.53. The Morgan fingerprint density at radius 1 is 1.17 bits per heavy atom. The van der Waals surface area contributed by atoms with Crippen LogP contribution in [-0.4, -0.2) is 37.0 Å². The lowest BCUT2D eigenvalue weighted by Crippen LogP contribution is -2.53. The van der Waals surface area contributed by atoms with Gasteiger partial charge >= 0.3 is 5.63 Å². The molecule has 2 amide bonds. The summed E-state index contributed by atoms with van der Waals surface area (Å²) in [6.07, 6.45) is 2.48. The minimum Gasteiger partial charge on any atom is -0.548 e. The number of amides is 2. The molecule has 160 valence electrons. The van der Waals surface area contributed by atoms with Crippen LogP contribution in [0.2, 0.25) is 0 Å². The second kappa shape index (κ2) is 8.98. The monoisotopic (exact) mass is 415 g/mol. The third kappa shape index (κ3) is 4.79. The van der Waals surface area contributed by atoms with Gasteiger partial charge in [-0.1, -0.05) is 13.8 Å². The van der Waals surface area contributed by atoms with Crippen LogP contribution in [0.15, 0.2) is 27.4 Å². The van der Waals surface area contributed by atoms with E-state index in [1.54, 1.807) is 32.0 Å². The van der Waals surface area contributed by atoms with Gasteiger partial charge in [0.2, 0.25) is 5.91 Å². The summed E-state index contributed by atoms with van der Waals surface area (Å²) >= 11 is 0. The van der Waals surface area contributed by atoms with Crippen LogP contribution < -0.4 is 26.1 Å². The maximum atomic E-state index is 12.1. The number of hydrogen-bond donors (Lipinski definition) is 2. The SMILES string of the molecule is CC(C)[C@H](NC(=O)CNC(=O)COc1ccc2c3c(c(=O)oc2c1)CCC3)C(=O)[O-]. The Hall–Kier alpha value is -3.36. The molecule has 0 saturated carbocycles. The third-order valence-corrected chi connectivity index (χ3v) is 5.00. The lowest BCUT2D eigenvalue weighted by molar-refractivity contribution is -0.309. The molecule has 0 bridgehead atoms. The molecule has 0 radical (unpaired) electrons. The number of carbonyl (C=O) groups excluding carboxylic acids is 3. The molecule has 1 aromatic heterocycles. The average Bonchev–Trinajstić information content (AvgIpc) is 3.19. The van der Waals surface area contributed by atoms with Crippen molar-refractivity contribution in [3.8, 4) is 5.75 Å². The summed E-state index contributed by atoms with van der Waals surface area (Å²) in [6.45, 7) is 2.51. The summed E-state index contributed by atoms with van der Waals surface area (Å²) in [6, 6.07) is 3.91. The Bertz CT molecular complexity index is 1040. The van der Waals surface area contributed by atoms with E-state index in [1.807, 2.05) is 0 Å². The highest BCUT2D eigenvalue weighted by Crippen LogP contribution is 2.29. The predicted molar refractivity (Wildman–Crippen MR) is 105 cm³/mol. The lowest BCUT2D eigenvalue weighted by atomic mass is 10.1. The van der Waals surface area contributed by atoms with Crippen LogP contribution in [0.1, 0.15) is 31.4 Å². The number of ether oxygens (including phenoxy) is 1. The number of nitrogens with one attached hydrogen (secondary N) is 2. The van der Waals surface area contributed by atoms with Crippen molar-refractivity contribution in [2.45, 2.75) is 39.2 Å². The number of benzene rings is 1. The number of carboxylic acids is 1. The van der Waals surface area contributed by atoms with Crippen LogP contribution in [0.3, 0.4) is 0 Å². The van der Waals surface area contributed by atoms with Gasteiger partial charge in [-0.25, -0.2) is 4.79 Å². The molecule has 30 heavy (non-hydrogen) atoms. The first-order chi connectivity index (χ1) is 14.3. The quantitative estimate of drug-likeness (QED) is 0.563. The fourth-order valence-electron chi connectivity index (χ4n) is 3.45. The van der Waals surface area contributed by atoms with E-state index in [1.165, 1.54) is 0 Å². The van der Waals surface area contributed by atoms with Gasteiger partial charge in [-0.2, -0.15) is 0 Å². The van der Waals surface area contributed by atoms with E-state index in [0.717, 1.165) is 35.8 Å². The van der Waals surface area contributed by atoms with Crippen molar-refractivity contribution in [1.82, 2.24) is 10.6 Å². The van der Waals surface area contributed by atoms with E-state index in [2.05, 4.69) is 10.6 Å². The molecule has 0 aliphatic heterocycles. The summed E-state index contributed by atoms with van der Waals surface area (Å²) in [4.78, 5) is 46.8. The van der Waals surface area contributed by atoms with Crippen molar-refractivity contribution >= 4 is 28.8 Å². The number of rotatable bonds is 8. The number of aryl methyl sites for hydroxylation is 1. The van der Waals surface area contributed by atoms with Gasteiger partial charge in [0.25, 0.3) is 5.91 Å². The first-order valence-electron chi connectivity index (χ1n) is 9.74. The molecule has 9 nitrogen and oxygen atoms in total. The minimum absolute atomic E-state index is 0.341. The maximum absolute atomic E-state index is 12.1. The van der Waals surface area contributed by atoms with Gasteiger partial charge < -0.3 is 29.7 Å². The van der Waals surface area contributed by atoms with E-state index >= 15 is 0 Å². The zero-order valence-corrected chi connectivity index (χ0v) is 16.8. The molecule has 2 N–H and O–H groups in total. The second-order valence-electron chi connectivity index (χ2n) is 7.53. The van der Waals surface area contributed by atoms with E-state index in [9.17, 15) is 24.3 Å². The van der Waals surface area contributed by atoms with E-state index in [-0.39, 0.29) is 18.2 Å². The van der Waals surface area contributed by atoms with Crippen LogP contribution in [0.4, 0.5) is 0 Å². The molecule has 0 unspecified atom stereocenters. The Morgan fingerprint density at radius 2 is 1.90 bits per heavy atom. The van der Waals surface area contributed by atoms with Gasteiger partial charge in [0.05, 0.1) is 18.6 Å². The van der Waals surface area contributed by atoms with Gasteiger partial charge in [0.15, 0.2) is 6.61 Å². The molecular formula is C21H23N2O7-. The molecule has 1 atom stereocenters. The van der Waals surface area contributed by atoms with E-state index in [4.69, 9.17) is 9.15 Å². The molecule has 1 heterocycles. The largest absolute Gasteiger partial charge is 0.548 e. The smallest absolute Gasteiger partial charge is 0.339 e. The molecule has 0 saturated heterocycles. The summed E-state index contributed by atoms with van der Waals surface area (Å²) in [5.74, 6) is -2.60. The minimum atomic E-state index is -1.39. The normalized spacial score (nSPS) is 13.7. The number of carboxylic acid groups (broad SMARTS) is 1. The maximum Gasteiger partial charge on any atom is 0.339 e. The number of fused-ring (bicyclic) bond motifs is 3. The average molecular weight is 415 g/mol. The molecule has 2 aromatic rings. The van der Waals surface area contributed by atoms with Crippen LogP contribution >= 0.6 is 0 Å². The van der Waals surface area contributed by atoms with Crippen molar-refractivity contribution in [2.75, 3.05) is 13.2 Å². The first kappa shape index (κ1) is 21.4. The van der Waals surface area contributed by atoms with Gasteiger partial charge in [-0.3, -0.25) is 9.59 Å². The summed E-state index contributed by atoms with van der Waals surface area (Å²) in [5.41, 5.74) is 1.80. The van der Waals surface area contributed by atoms with Gasteiger partial charge in [-0.05, 0) is 42.9 Å². The first-order valence-corrected chi connectivity index (χ1v) is 9.74. The summed E-state index contributed by atoms with van der Waals surface area (Å²) in [5, 5.41) is 16.5. The molecule has 0 fully saturated rings.